The lowest BCUT2D eigenvalue weighted by molar-refractivity contribution is 0.111. The van der Waals surface area contributed by atoms with Crippen molar-refractivity contribution in [1.29, 1.82) is 0 Å². The summed E-state index contributed by atoms with van der Waals surface area (Å²) in [5.74, 6) is 0.603. The van der Waals surface area contributed by atoms with Gasteiger partial charge in [-0.1, -0.05) is 33.4 Å². The van der Waals surface area contributed by atoms with Gasteiger partial charge in [-0.05, 0) is 44.5 Å². The van der Waals surface area contributed by atoms with Crippen LogP contribution in [0.25, 0.3) is 11.1 Å². The molecule has 0 bridgehead atoms. The van der Waals surface area contributed by atoms with E-state index in [0.29, 0.717) is 24.0 Å². The fourth-order valence-electron chi connectivity index (χ4n) is 2.91. The maximum Gasteiger partial charge on any atom is 0.550 e. The van der Waals surface area contributed by atoms with E-state index in [2.05, 4.69) is 10.1 Å². The zero-order valence-corrected chi connectivity index (χ0v) is 14.7. The van der Waals surface area contributed by atoms with Crippen molar-refractivity contribution in [2.24, 2.45) is 5.10 Å². The molecule has 0 saturated heterocycles. The molecule has 1 amide bonds. The lowest BCUT2D eigenvalue weighted by Crippen LogP contribution is -2.49. The zero-order valence-electron chi connectivity index (χ0n) is 13.9. The van der Waals surface area contributed by atoms with Crippen molar-refractivity contribution < 1.29 is 9.53 Å². The molecule has 24 heavy (non-hydrogen) atoms. The molecule has 0 spiro atoms. The van der Waals surface area contributed by atoms with Crippen LogP contribution in [0.5, 0.6) is 0 Å². The molecule has 0 radical (unpaired) electrons. The second-order valence-electron chi connectivity index (χ2n) is 5.59. The van der Waals surface area contributed by atoms with Gasteiger partial charge in [-0.3, -0.25) is 0 Å². The fraction of sp³-hybridized carbons (Fsp3) is 0.278. The summed E-state index contributed by atoms with van der Waals surface area (Å²) in [6.45, 7) is 6.32. The number of amides is 1. The Hall–Kier alpha value is -2.24. The Morgan fingerprint density at radius 2 is 2.08 bits per heavy atom. The number of nitrogens with zero attached hydrogens (tertiary/aromatic N) is 3. The summed E-state index contributed by atoms with van der Waals surface area (Å²) >= 11 is 6.13. The van der Waals surface area contributed by atoms with Gasteiger partial charge in [0, 0.05) is 16.3 Å². The summed E-state index contributed by atoms with van der Waals surface area (Å²) in [5.41, 5.74) is 3.57. The molecular weight excluding hydrogens is 326 g/mol. The smallest absolute Gasteiger partial charge is 0.418 e. The molecule has 6 heteroatoms. The minimum absolute atomic E-state index is 0.265. The number of rotatable bonds is 3. The largest absolute Gasteiger partial charge is 0.550 e. The standard InChI is InChI=1S/C18H19ClN3O2/c1-4-22(18(23)24-5-2)17-16(11-20-22)15(9-12(3)21-17)13-7-6-8-14(19)10-13/h6-11H,4-5H2,1-3H3/q+1. The molecule has 0 N–H and O–H groups in total. The number of aryl methyl sites for hydroxylation is 1. The van der Waals surface area contributed by atoms with Crippen molar-refractivity contribution in [3.8, 4) is 11.1 Å². The molecule has 1 unspecified atom stereocenters. The summed E-state index contributed by atoms with van der Waals surface area (Å²) in [6.07, 6.45) is 1.29. The Balaban J connectivity index is 2.21. The van der Waals surface area contributed by atoms with Crippen LogP contribution in [0.15, 0.2) is 35.4 Å². The molecule has 0 fully saturated rings. The highest BCUT2D eigenvalue weighted by atomic mass is 35.5. The van der Waals surface area contributed by atoms with Crippen molar-refractivity contribution in [2.75, 3.05) is 13.2 Å². The monoisotopic (exact) mass is 344 g/mol. The fourth-order valence-corrected chi connectivity index (χ4v) is 3.10. The molecule has 124 valence electrons. The van der Waals surface area contributed by atoms with Crippen LogP contribution in [-0.2, 0) is 4.74 Å². The van der Waals surface area contributed by atoms with Crippen LogP contribution in [0, 0.1) is 6.92 Å². The minimum atomic E-state index is -0.412. The molecular formula is C18H19ClN3O2+. The Morgan fingerprint density at radius 1 is 1.29 bits per heavy atom. The van der Waals surface area contributed by atoms with Crippen LogP contribution in [0.4, 0.5) is 10.6 Å². The third-order valence-electron chi connectivity index (χ3n) is 4.06. The van der Waals surface area contributed by atoms with Crippen molar-refractivity contribution in [3.05, 3.63) is 46.6 Å². The highest BCUT2D eigenvalue weighted by Crippen LogP contribution is 2.38. The molecule has 1 aliphatic rings. The van der Waals surface area contributed by atoms with Crippen molar-refractivity contribution in [3.63, 3.8) is 0 Å². The Labute approximate surface area is 146 Å². The second-order valence-corrected chi connectivity index (χ2v) is 6.02. The number of carbonyl (C=O) groups is 1. The van der Waals surface area contributed by atoms with E-state index in [1.807, 2.05) is 44.2 Å². The number of hydrogen-bond acceptors (Lipinski definition) is 4. The van der Waals surface area contributed by atoms with E-state index in [9.17, 15) is 4.79 Å². The van der Waals surface area contributed by atoms with E-state index >= 15 is 0 Å². The van der Waals surface area contributed by atoms with Crippen LogP contribution in [-0.4, -0.2) is 30.4 Å². The molecule has 1 aromatic carbocycles. The number of aromatic nitrogens is 1. The number of quaternary nitrogens is 1. The number of carbonyl (C=O) groups excluding carboxylic acids is 1. The van der Waals surface area contributed by atoms with Gasteiger partial charge in [0.15, 0.2) is 0 Å². The van der Waals surface area contributed by atoms with E-state index in [0.717, 1.165) is 22.4 Å². The van der Waals surface area contributed by atoms with E-state index in [-0.39, 0.29) is 4.59 Å². The first kappa shape index (κ1) is 16.6. The quantitative estimate of drug-likeness (QED) is 0.768. The maximum atomic E-state index is 12.5. The lowest BCUT2D eigenvalue weighted by atomic mass is 10.0. The number of benzene rings is 1. The Kier molecular flexibility index (Phi) is 4.39. The molecule has 1 aliphatic heterocycles. The molecule has 0 saturated carbocycles. The van der Waals surface area contributed by atoms with Gasteiger partial charge >= 0.3 is 6.09 Å². The molecule has 1 atom stereocenters. The number of pyridine rings is 1. The van der Waals surface area contributed by atoms with Gasteiger partial charge in [-0.2, -0.15) is 9.78 Å². The third kappa shape index (κ3) is 2.60. The summed E-state index contributed by atoms with van der Waals surface area (Å²) < 4.78 is 4.97. The van der Waals surface area contributed by atoms with Crippen LogP contribution in [0.3, 0.4) is 0 Å². The van der Waals surface area contributed by atoms with E-state index in [4.69, 9.17) is 16.3 Å². The van der Waals surface area contributed by atoms with Gasteiger partial charge in [0.1, 0.15) is 6.54 Å². The van der Waals surface area contributed by atoms with Crippen LogP contribution < -0.4 is 4.59 Å². The van der Waals surface area contributed by atoms with Crippen molar-refractivity contribution >= 4 is 29.7 Å². The average Bonchev–Trinajstić information content (AvgIpc) is 2.94. The van der Waals surface area contributed by atoms with Crippen LogP contribution >= 0.6 is 11.6 Å². The topological polar surface area (TPSA) is 51.5 Å². The second kappa shape index (κ2) is 6.34. The van der Waals surface area contributed by atoms with Gasteiger partial charge < -0.3 is 4.74 Å². The molecule has 2 aromatic rings. The molecule has 5 nitrogen and oxygen atoms in total. The Bertz CT molecular complexity index is 835. The molecule has 3 rings (SSSR count). The van der Waals surface area contributed by atoms with Crippen molar-refractivity contribution in [2.45, 2.75) is 20.8 Å². The lowest BCUT2D eigenvalue weighted by Gasteiger charge is -2.23. The van der Waals surface area contributed by atoms with Crippen molar-refractivity contribution in [1.82, 2.24) is 9.58 Å². The highest BCUT2D eigenvalue weighted by molar-refractivity contribution is 6.30. The Morgan fingerprint density at radius 3 is 2.75 bits per heavy atom. The molecule has 0 aliphatic carbocycles. The van der Waals surface area contributed by atoms with E-state index in [1.165, 1.54) is 0 Å². The van der Waals surface area contributed by atoms with E-state index < -0.39 is 6.09 Å². The van der Waals surface area contributed by atoms with E-state index in [1.54, 1.807) is 13.1 Å². The number of halogens is 1. The average molecular weight is 345 g/mol. The first-order valence-corrected chi connectivity index (χ1v) is 8.28. The summed E-state index contributed by atoms with van der Waals surface area (Å²) in [7, 11) is 0. The van der Waals surface area contributed by atoms with Crippen LogP contribution in [0.1, 0.15) is 25.1 Å². The highest BCUT2D eigenvalue weighted by Gasteiger charge is 2.48. The van der Waals surface area contributed by atoms with Gasteiger partial charge in [-0.25, -0.2) is 0 Å². The third-order valence-corrected chi connectivity index (χ3v) is 4.30. The van der Waals surface area contributed by atoms with Gasteiger partial charge in [-0.15, -0.1) is 0 Å². The maximum absolute atomic E-state index is 12.5. The van der Waals surface area contributed by atoms with Gasteiger partial charge in [0.2, 0.25) is 0 Å². The predicted octanol–water partition coefficient (Wildman–Crippen LogP) is 4.54. The number of hydrogen-bond donors (Lipinski definition) is 0. The first-order valence-electron chi connectivity index (χ1n) is 7.91. The SMILES string of the molecule is CCOC(=O)[N+]1(CC)N=Cc2c(-c3cccc(Cl)c3)cc(C)nc21. The number of ether oxygens (including phenoxy) is 1. The number of fused-ring (bicyclic) bond motifs is 1. The van der Waals surface area contributed by atoms with Crippen LogP contribution in [0.2, 0.25) is 5.02 Å². The zero-order chi connectivity index (χ0) is 17.3. The first-order chi connectivity index (χ1) is 11.5. The summed E-state index contributed by atoms with van der Waals surface area (Å²) in [4.78, 5) is 17.2. The van der Waals surface area contributed by atoms with Gasteiger partial charge in [0.25, 0.3) is 5.82 Å². The summed E-state index contributed by atoms with van der Waals surface area (Å²) in [6, 6.07) is 9.60. The molecule has 2 heterocycles. The minimum Gasteiger partial charge on any atom is -0.418 e. The normalized spacial score (nSPS) is 18.5. The van der Waals surface area contributed by atoms with Gasteiger partial charge in [0.05, 0.1) is 18.4 Å². The predicted molar refractivity (Wildman–Crippen MR) is 96.4 cm³/mol. The molecule has 1 aromatic heterocycles. The summed E-state index contributed by atoms with van der Waals surface area (Å²) in [5, 5.41) is 5.12.